The molecule has 2 unspecified atom stereocenters. The molecule has 2 heterocycles. The Bertz CT molecular complexity index is 1120. The minimum absolute atomic E-state index is 0.424. The number of nitrogens with one attached hydrogen (secondary N) is 1. The number of benzene rings is 2. The summed E-state index contributed by atoms with van der Waals surface area (Å²) in [6.07, 6.45) is 1.43. The zero-order valence-corrected chi connectivity index (χ0v) is 17.5. The fourth-order valence-corrected chi connectivity index (χ4v) is 3.78. The Morgan fingerprint density at radius 2 is 2.03 bits per heavy atom. The highest BCUT2D eigenvalue weighted by atomic mass is 16.5. The van der Waals surface area contributed by atoms with Crippen molar-refractivity contribution in [2.75, 3.05) is 11.9 Å². The second kappa shape index (κ2) is 8.51. The standard InChI is InChI=1S/C23H25N5O3/c1-4-30-19-11-16(9-10-18(19)31-12-17-8-6-5-7-14(17)2)21-20(22(24)29)15(3)27-23-25-13-26-28(21)23/h5-11,13,20-21H,3-4,12H2,1-2H3,(H2,24,29)(H,25,26,27). The van der Waals surface area contributed by atoms with Crippen LogP contribution in [0.5, 0.6) is 11.5 Å². The summed E-state index contributed by atoms with van der Waals surface area (Å²) >= 11 is 0. The number of anilines is 1. The van der Waals surface area contributed by atoms with Gasteiger partial charge in [-0.2, -0.15) is 10.1 Å². The van der Waals surface area contributed by atoms with Crippen LogP contribution in [-0.4, -0.2) is 27.3 Å². The number of ether oxygens (including phenoxy) is 2. The number of aromatic nitrogens is 3. The third kappa shape index (κ3) is 3.96. The molecule has 1 aromatic heterocycles. The smallest absolute Gasteiger partial charge is 0.229 e. The average molecular weight is 419 g/mol. The van der Waals surface area contributed by atoms with Crippen molar-refractivity contribution in [3.05, 3.63) is 77.8 Å². The van der Waals surface area contributed by atoms with E-state index in [1.807, 2.05) is 43.3 Å². The molecule has 0 radical (unpaired) electrons. The molecule has 1 aliphatic heterocycles. The first-order chi connectivity index (χ1) is 15.0. The molecule has 4 rings (SSSR count). The van der Waals surface area contributed by atoms with Crippen molar-refractivity contribution in [3.63, 3.8) is 0 Å². The summed E-state index contributed by atoms with van der Waals surface area (Å²) < 4.78 is 13.6. The van der Waals surface area contributed by atoms with Crippen molar-refractivity contribution in [2.45, 2.75) is 26.5 Å². The minimum Gasteiger partial charge on any atom is -0.490 e. The van der Waals surface area contributed by atoms with Gasteiger partial charge in [0, 0.05) is 5.70 Å². The van der Waals surface area contributed by atoms with Crippen molar-refractivity contribution in [1.29, 1.82) is 0 Å². The third-order valence-electron chi connectivity index (χ3n) is 5.36. The van der Waals surface area contributed by atoms with Crippen LogP contribution in [0.25, 0.3) is 0 Å². The van der Waals surface area contributed by atoms with Crippen LogP contribution in [0.3, 0.4) is 0 Å². The summed E-state index contributed by atoms with van der Waals surface area (Å²) in [6, 6.07) is 13.2. The highest BCUT2D eigenvalue weighted by molar-refractivity contribution is 5.82. The Hall–Kier alpha value is -3.81. The molecule has 3 N–H and O–H groups in total. The number of aryl methyl sites for hydroxylation is 1. The Morgan fingerprint density at radius 3 is 2.77 bits per heavy atom. The summed E-state index contributed by atoms with van der Waals surface area (Å²) in [5.41, 5.74) is 9.25. The summed E-state index contributed by atoms with van der Waals surface area (Å²) in [7, 11) is 0. The molecular formula is C23H25N5O3. The predicted molar refractivity (Wildman–Crippen MR) is 117 cm³/mol. The van der Waals surface area contributed by atoms with Gasteiger partial charge < -0.3 is 20.5 Å². The van der Waals surface area contributed by atoms with Gasteiger partial charge in [0.25, 0.3) is 0 Å². The van der Waals surface area contributed by atoms with E-state index < -0.39 is 17.9 Å². The van der Waals surface area contributed by atoms with Gasteiger partial charge in [0.05, 0.1) is 12.6 Å². The predicted octanol–water partition coefficient (Wildman–Crippen LogP) is 3.19. The maximum atomic E-state index is 12.3. The van der Waals surface area contributed by atoms with Gasteiger partial charge in [0.2, 0.25) is 11.9 Å². The zero-order valence-electron chi connectivity index (χ0n) is 17.5. The highest BCUT2D eigenvalue weighted by Gasteiger charge is 2.38. The molecular weight excluding hydrogens is 394 g/mol. The zero-order chi connectivity index (χ0) is 22.0. The van der Waals surface area contributed by atoms with Gasteiger partial charge in [0.1, 0.15) is 18.9 Å². The van der Waals surface area contributed by atoms with Gasteiger partial charge in [-0.3, -0.25) is 4.79 Å². The fraction of sp³-hybridized carbons (Fsp3) is 0.261. The van der Waals surface area contributed by atoms with Crippen LogP contribution in [0.15, 0.2) is 61.1 Å². The molecule has 31 heavy (non-hydrogen) atoms. The van der Waals surface area contributed by atoms with E-state index in [0.29, 0.717) is 36.4 Å². The van der Waals surface area contributed by atoms with Gasteiger partial charge in [-0.25, -0.2) is 4.68 Å². The van der Waals surface area contributed by atoms with Crippen LogP contribution >= 0.6 is 0 Å². The first-order valence-corrected chi connectivity index (χ1v) is 10.1. The van der Waals surface area contributed by atoms with E-state index in [-0.39, 0.29) is 0 Å². The summed E-state index contributed by atoms with van der Waals surface area (Å²) in [5, 5.41) is 7.29. The van der Waals surface area contributed by atoms with Gasteiger partial charge in [-0.15, -0.1) is 0 Å². The van der Waals surface area contributed by atoms with Crippen molar-refractivity contribution in [3.8, 4) is 11.5 Å². The second-order valence-electron chi connectivity index (χ2n) is 7.36. The SMILES string of the molecule is C=C1Nc2ncnn2C(c2ccc(OCc3ccccc3C)c(OCC)c2)C1C(N)=O. The number of amides is 1. The van der Waals surface area contributed by atoms with Crippen LogP contribution in [0, 0.1) is 12.8 Å². The highest BCUT2D eigenvalue weighted by Crippen LogP contribution is 2.40. The number of nitrogens with two attached hydrogens (primary N) is 1. The van der Waals surface area contributed by atoms with Crippen LogP contribution in [0.2, 0.25) is 0 Å². The number of carbonyl (C=O) groups is 1. The Morgan fingerprint density at radius 1 is 1.23 bits per heavy atom. The van der Waals surface area contributed by atoms with Crippen LogP contribution in [0.4, 0.5) is 5.95 Å². The summed E-state index contributed by atoms with van der Waals surface area (Å²) in [5.74, 6) is 0.521. The van der Waals surface area contributed by atoms with E-state index in [1.54, 1.807) is 4.68 Å². The normalized spacial score (nSPS) is 17.5. The maximum absolute atomic E-state index is 12.3. The van der Waals surface area contributed by atoms with E-state index in [0.717, 1.165) is 16.7 Å². The van der Waals surface area contributed by atoms with Crippen LogP contribution in [0.1, 0.15) is 29.7 Å². The minimum atomic E-state index is -0.692. The topological polar surface area (TPSA) is 104 Å². The summed E-state index contributed by atoms with van der Waals surface area (Å²) in [4.78, 5) is 16.4. The first-order valence-electron chi connectivity index (χ1n) is 10.1. The molecule has 0 fully saturated rings. The quantitative estimate of drug-likeness (QED) is 0.609. The molecule has 0 aliphatic carbocycles. The first kappa shape index (κ1) is 20.5. The number of rotatable bonds is 7. The molecule has 0 spiro atoms. The van der Waals surface area contributed by atoms with Gasteiger partial charge in [-0.1, -0.05) is 36.9 Å². The second-order valence-corrected chi connectivity index (χ2v) is 7.36. The fourth-order valence-electron chi connectivity index (χ4n) is 3.78. The average Bonchev–Trinajstić information content (AvgIpc) is 3.21. The van der Waals surface area contributed by atoms with Crippen molar-refractivity contribution >= 4 is 11.9 Å². The number of hydrogen-bond donors (Lipinski definition) is 2. The lowest BCUT2D eigenvalue weighted by Gasteiger charge is -2.33. The molecule has 8 heteroatoms. The van der Waals surface area contributed by atoms with Gasteiger partial charge >= 0.3 is 0 Å². The molecule has 1 aliphatic rings. The molecule has 1 amide bonds. The molecule has 2 atom stereocenters. The molecule has 3 aromatic rings. The summed E-state index contributed by atoms with van der Waals surface area (Å²) in [6.45, 7) is 8.82. The Balaban J connectivity index is 1.69. The molecule has 2 aromatic carbocycles. The van der Waals surface area contributed by atoms with E-state index in [4.69, 9.17) is 15.2 Å². The number of nitrogens with zero attached hydrogens (tertiary/aromatic N) is 3. The van der Waals surface area contributed by atoms with Crippen molar-refractivity contribution < 1.29 is 14.3 Å². The number of fused-ring (bicyclic) bond motifs is 1. The number of hydrogen-bond acceptors (Lipinski definition) is 6. The van der Waals surface area contributed by atoms with E-state index in [2.05, 4.69) is 35.0 Å². The molecule has 160 valence electrons. The Labute approximate surface area is 180 Å². The largest absolute Gasteiger partial charge is 0.490 e. The van der Waals surface area contributed by atoms with Gasteiger partial charge in [0.15, 0.2) is 11.5 Å². The van der Waals surface area contributed by atoms with Gasteiger partial charge in [-0.05, 0) is 42.7 Å². The third-order valence-corrected chi connectivity index (χ3v) is 5.36. The molecule has 8 nitrogen and oxygen atoms in total. The van der Waals surface area contributed by atoms with Crippen LogP contribution < -0.4 is 20.5 Å². The Kier molecular flexibility index (Phi) is 5.62. The maximum Gasteiger partial charge on any atom is 0.229 e. The number of primary amides is 1. The van der Waals surface area contributed by atoms with E-state index >= 15 is 0 Å². The van der Waals surface area contributed by atoms with E-state index in [1.165, 1.54) is 6.33 Å². The lowest BCUT2D eigenvalue weighted by atomic mass is 9.88. The molecule has 0 saturated carbocycles. The van der Waals surface area contributed by atoms with Crippen molar-refractivity contribution in [1.82, 2.24) is 14.8 Å². The molecule has 0 bridgehead atoms. The lowest BCUT2D eigenvalue weighted by Crippen LogP contribution is -2.40. The lowest BCUT2D eigenvalue weighted by molar-refractivity contribution is -0.121. The van der Waals surface area contributed by atoms with Crippen LogP contribution in [-0.2, 0) is 11.4 Å². The number of carbonyl (C=O) groups excluding carboxylic acids is 1. The van der Waals surface area contributed by atoms with Crippen molar-refractivity contribution in [2.24, 2.45) is 11.7 Å². The molecule has 0 saturated heterocycles. The van der Waals surface area contributed by atoms with E-state index in [9.17, 15) is 4.79 Å². The monoisotopic (exact) mass is 419 g/mol.